The second-order valence-electron chi connectivity index (χ2n) is 5.54. The third kappa shape index (κ3) is 3.87. The molecule has 1 amide bonds. The van der Waals surface area contributed by atoms with Crippen LogP contribution in [0.2, 0.25) is 0 Å². The number of pyridine rings is 2. The molecule has 1 aliphatic rings. The second-order valence-corrected chi connectivity index (χ2v) is 5.54. The summed E-state index contributed by atoms with van der Waals surface area (Å²) in [4.78, 5) is 21.1. The largest absolute Gasteiger partial charge is 0.379 e. The Bertz CT molecular complexity index is 1210. The van der Waals surface area contributed by atoms with E-state index in [9.17, 15) is 4.79 Å². The van der Waals surface area contributed by atoms with Gasteiger partial charge in [0.15, 0.2) is 0 Å². The summed E-state index contributed by atoms with van der Waals surface area (Å²) in [6.45, 7) is -13.7. The minimum Gasteiger partial charge on any atom is -0.379 e. The number of benzene rings is 1. The van der Waals surface area contributed by atoms with E-state index in [4.69, 9.17) is 11.0 Å². The third-order valence-corrected chi connectivity index (χ3v) is 3.75. The molecule has 6 heteroatoms. The van der Waals surface area contributed by atoms with E-state index in [1.807, 2.05) is 30.3 Å². The number of carbonyl (C=O) groups excluding carboxylic acids is 1. The van der Waals surface area contributed by atoms with E-state index in [0.717, 1.165) is 21.9 Å². The summed E-state index contributed by atoms with van der Waals surface area (Å²) in [5.41, 5.74) is 1.79. The molecular formula is C20H20N4O2. The highest BCUT2D eigenvalue weighted by Crippen LogP contribution is 2.24. The maximum Gasteiger partial charge on any atom is 0.239 e. The van der Waals surface area contributed by atoms with Gasteiger partial charge in [-0.05, 0) is 29.1 Å². The minimum atomic E-state index is -3.22. The third-order valence-electron chi connectivity index (χ3n) is 3.75. The van der Waals surface area contributed by atoms with Gasteiger partial charge in [-0.3, -0.25) is 14.7 Å². The van der Waals surface area contributed by atoms with E-state index < -0.39 is 38.6 Å². The standard InChI is InChI=1S/C20H20N4O2/c25-20(14-24-6-8-26-9-7-24)23-19-11-18-10-15(3-4-17(18)13-22-19)16-2-1-5-21-12-16/h1-5,10-13H,6-9,14H2,(H,22,23,25)/i6D2,7D2,8D2,9D2. The van der Waals surface area contributed by atoms with Crippen molar-refractivity contribution in [2.24, 2.45) is 0 Å². The Morgan fingerprint density at radius 3 is 2.85 bits per heavy atom. The first-order valence-electron chi connectivity index (χ1n) is 11.8. The molecule has 0 spiro atoms. The van der Waals surface area contributed by atoms with Crippen LogP contribution in [-0.2, 0) is 9.53 Å². The fourth-order valence-corrected chi connectivity index (χ4v) is 2.54. The quantitative estimate of drug-likeness (QED) is 0.778. The number of ether oxygens (including phenoxy) is 1. The van der Waals surface area contributed by atoms with Gasteiger partial charge in [0.25, 0.3) is 0 Å². The van der Waals surface area contributed by atoms with Crippen LogP contribution in [0.5, 0.6) is 0 Å². The van der Waals surface area contributed by atoms with E-state index >= 15 is 0 Å². The van der Waals surface area contributed by atoms with Crippen molar-refractivity contribution in [2.45, 2.75) is 0 Å². The molecule has 4 rings (SSSR count). The monoisotopic (exact) mass is 356 g/mol. The van der Waals surface area contributed by atoms with Gasteiger partial charge in [0.1, 0.15) is 5.82 Å². The van der Waals surface area contributed by atoms with Crippen LogP contribution in [0.25, 0.3) is 21.9 Å². The molecule has 0 saturated carbocycles. The number of hydrogen-bond acceptors (Lipinski definition) is 5. The summed E-state index contributed by atoms with van der Waals surface area (Å²) in [6.07, 6.45) is 4.91. The van der Waals surface area contributed by atoms with Gasteiger partial charge < -0.3 is 10.1 Å². The molecule has 1 aromatic carbocycles. The van der Waals surface area contributed by atoms with Gasteiger partial charge in [-0.2, -0.15) is 0 Å². The van der Waals surface area contributed by atoms with Crippen molar-refractivity contribution in [3.8, 4) is 11.1 Å². The number of carbonyl (C=O) groups is 1. The Balaban J connectivity index is 1.59. The number of aromatic nitrogens is 2. The number of nitrogens with one attached hydrogen (secondary N) is 1. The SMILES string of the molecule is [2H]C1([2H])OC([2H])([2H])C([2H])([2H])N(CC(=O)Nc2cc3cc(-c4cccnc4)ccc3cn2)C1([2H])[2H]. The number of fused-ring (bicyclic) bond motifs is 1. The van der Waals surface area contributed by atoms with Gasteiger partial charge in [-0.1, -0.05) is 18.2 Å². The number of anilines is 1. The van der Waals surface area contributed by atoms with Crippen molar-refractivity contribution in [1.29, 1.82) is 0 Å². The molecule has 3 heterocycles. The molecule has 1 aliphatic heterocycles. The summed E-state index contributed by atoms with van der Waals surface area (Å²) >= 11 is 0. The van der Waals surface area contributed by atoms with Gasteiger partial charge >= 0.3 is 0 Å². The summed E-state index contributed by atoms with van der Waals surface area (Å²) in [6, 6.07) is 11.0. The van der Waals surface area contributed by atoms with Crippen molar-refractivity contribution in [1.82, 2.24) is 14.9 Å². The molecule has 2 aromatic heterocycles. The summed E-state index contributed by atoms with van der Waals surface area (Å²) in [7, 11) is 0. The van der Waals surface area contributed by atoms with Crippen LogP contribution in [0, 0.1) is 0 Å². The Morgan fingerprint density at radius 1 is 1.15 bits per heavy atom. The Kier molecular flexibility index (Phi) is 2.85. The lowest BCUT2D eigenvalue weighted by Gasteiger charge is -2.25. The average molecular weight is 356 g/mol. The highest BCUT2D eigenvalue weighted by molar-refractivity contribution is 5.94. The molecule has 132 valence electrons. The zero-order valence-corrected chi connectivity index (χ0v) is 13.6. The number of rotatable bonds is 4. The first-order valence-corrected chi connectivity index (χ1v) is 7.83. The van der Waals surface area contributed by atoms with Crippen LogP contribution < -0.4 is 5.32 Å². The van der Waals surface area contributed by atoms with E-state index in [1.54, 1.807) is 18.5 Å². The minimum absolute atomic E-state index is 0.112. The lowest BCUT2D eigenvalue weighted by Crippen LogP contribution is -2.41. The maximum absolute atomic E-state index is 12.7. The molecule has 1 saturated heterocycles. The summed E-state index contributed by atoms with van der Waals surface area (Å²) in [5.74, 6) is -0.794. The molecule has 3 aromatic rings. The summed E-state index contributed by atoms with van der Waals surface area (Å²) < 4.78 is 67.2. The molecule has 26 heavy (non-hydrogen) atoms. The topological polar surface area (TPSA) is 67.3 Å². The molecule has 6 nitrogen and oxygen atoms in total. The molecule has 1 N–H and O–H groups in total. The fourth-order valence-electron chi connectivity index (χ4n) is 2.54. The van der Waals surface area contributed by atoms with Gasteiger partial charge in [0.2, 0.25) is 5.91 Å². The van der Waals surface area contributed by atoms with E-state index in [2.05, 4.69) is 20.0 Å². The highest BCUT2D eigenvalue weighted by atomic mass is 16.5. The predicted octanol–water partition coefficient (Wildman–Crippen LogP) is 2.57. The fraction of sp³-hybridized carbons (Fsp3) is 0.250. The van der Waals surface area contributed by atoms with E-state index in [1.165, 1.54) is 6.20 Å². The molecule has 1 fully saturated rings. The molecule has 0 aliphatic carbocycles. The average Bonchev–Trinajstić information content (AvgIpc) is 2.75. The maximum atomic E-state index is 12.7. The number of nitrogens with zero attached hydrogens (tertiary/aromatic N) is 3. The number of morpholine rings is 1. The van der Waals surface area contributed by atoms with Crippen molar-refractivity contribution in [3.05, 3.63) is 55.0 Å². The van der Waals surface area contributed by atoms with Crippen molar-refractivity contribution in [3.63, 3.8) is 0 Å². The lowest BCUT2D eigenvalue weighted by atomic mass is 10.0. The van der Waals surface area contributed by atoms with Crippen LogP contribution in [-0.4, -0.2) is 53.4 Å². The normalized spacial score (nSPS) is 27.4. The Labute approximate surface area is 163 Å². The van der Waals surface area contributed by atoms with Gasteiger partial charge in [0, 0.05) is 48.0 Å². The zero-order valence-electron chi connectivity index (χ0n) is 21.6. The van der Waals surface area contributed by atoms with Crippen LogP contribution in [0.1, 0.15) is 11.0 Å². The first kappa shape index (κ1) is 9.75. The smallest absolute Gasteiger partial charge is 0.239 e. The van der Waals surface area contributed by atoms with Crippen LogP contribution in [0.15, 0.2) is 55.0 Å². The first-order chi connectivity index (χ1) is 15.7. The van der Waals surface area contributed by atoms with E-state index in [0.29, 0.717) is 0 Å². The van der Waals surface area contributed by atoms with Crippen molar-refractivity contribution < 1.29 is 20.5 Å². The van der Waals surface area contributed by atoms with Gasteiger partial charge in [-0.15, -0.1) is 0 Å². The number of hydrogen-bond donors (Lipinski definition) is 1. The Hall–Kier alpha value is -2.83. The van der Waals surface area contributed by atoms with Crippen LogP contribution in [0.4, 0.5) is 5.82 Å². The van der Waals surface area contributed by atoms with Crippen LogP contribution >= 0.6 is 0 Å². The van der Waals surface area contributed by atoms with Gasteiger partial charge in [-0.25, -0.2) is 4.98 Å². The highest BCUT2D eigenvalue weighted by Gasteiger charge is 2.14. The predicted molar refractivity (Wildman–Crippen MR) is 101 cm³/mol. The molecular weight excluding hydrogens is 328 g/mol. The molecule has 0 atom stereocenters. The number of amides is 1. The van der Waals surface area contributed by atoms with E-state index in [-0.39, 0.29) is 10.7 Å². The van der Waals surface area contributed by atoms with Gasteiger partial charge in [0.05, 0.1) is 25.1 Å². The lowest BCUT2D eigenvalue weighted by molar-refractivity contribution is -0.118. The molecule has 0 radical (unpaired) electrons. The Morgan fingerprint density at radius 2 is 2.04 bits per heavy atom. The molecule has 0 bridgehead atoms. The van der Waals surface area contributed by atoms with Crippen molar-refractivity contribution >= 4 is 22.5 Å². The summed E-state index contributed by atoms with van der Waals surface area (Å²) in [5, 5.41) is 3.99. The molecule has 0 unspecified atom stereocenters. The van der Waals surface area contributed by atoms with Crippen molar-refractivity contribution in [2.75, 3.05) is 38.0 Å². The second kappa shape index (κ2) is 7.59. The zero-order chi connectivity index (χ0) is 24.9. The van der Waals surface area contributed by atoms with Crippen LogP contribution in [0.3, 0.4) is 0 Å².